The fraction of sp³-hybridized carbons (Fsp3) is 0.300. The van der Waals surface area contributed by atoms with Crippen molar-refractivity contribution in [3.8, 4) is 5.75 Å². The number of rotatable bonds is 6. The number of ether oxygens (including phenoxy) is 1. The van der Waals surface area contributed by atoms with E-state index in [2.05, 4.69) is 10.3 Å². The molecular formula is C20H21N5O4. The highest BCUT2D eigenvalue weighted by Crippen LogP contribution is 2.24. The molecule has 150 valence electrons. The average Bonchev–Trinajstić information content (AvgIpc) is 3.37. The number of carbonyl (C=O) groups excluding carboxylic acids is 2. The molecule has 0 bridgehead atoms. The van der Waals surface area contributed by atoms with E-state index in [0.717, 1.165) is 27.5 Å². The van der Waals surface area contributed by atoms with Gasteiger partial charge in [-0.15, -0.1) is 0 Å². The van der Waals surface area contributed by atoms with Crippen molar-refractivity contribution in [1.82, 2.24) is 19.8 Å². The van der Waals surface area contributed by atoms with Crippen LogP contribution in [-0.2, 0) is 17.9 Å². The number of amides is 3. The third-order valence-electron chi connectivity index (χ3n) is 4.92. The first kappa shape index (κ1) is 18.7. The van der Waals surface area contributed by atoms with Crippen LogP contribution in [0.1, 0.15) is 22.6 Å². The Bertz CT molecular complexity index is 1050. The van der Waals surface area contributed by atoms with Crippen LogP contribution in [0.2, 0.25) is 0 Å². The fourth-order valence-electron chi connectivity index (χ4n) is 3.36. The second kappa shape index (κ2) is 7.42. The summed E-state index contributed by atoms with van der Waals surface area (Å²) in [6.45, 7) is 4.49. The van der Waals surface area contributed by atoms with Crippen molar-refractivity contribution in [3.63, 3.8) is 0 Å². The lowest BCUT2D eigenvalue weighted by Crippen LogP contribution is -2.32. The van der Waals surface area contributed by atoms with Crippen molar-refractivity contribution in [2.75, 3.05) is 18.6 Å². The first-order chi connectivity index (χ1) is 14.0. The number of carbonyl (C=O) groups is 2. The molecule has 0 spiro atoms. The maximum Gasteiger partial charge on any atom is 0.332 e. The molecule has 0 radical (unpaired) electrons. The van der Waals surface area contributed by atoms with E-state index in [4.69, 9.17) is 9.26 Å². The molecule has 0 unspecified atom stereocenters. The van der Waals surface area contributed by atoms with Gasteiger partial charge in [-0.05, 0) is 31.5 Å². The first-order valence-electron chi connectivity index (χ1n) is 9.15. The molecule has 0 N–H and O–H groups in total. The quantitative estimate of drug-likeness (QED) is 0.596. The standard InChI is InChI=1S/C20H21N5O4/c1-13-18(14(2)29-22-13)11-24-10-16(8-21-24)25-19(26)12-23(20(25)27)9-15-5-4-6-17(7-15)28-3/h4-8,10H,9,11-12H2,1-3H3. The van der Waals surface area contributed by atoms with Crippen molar-refractivity contribution in [2.24, 2.45) is 0 Å². The number of nitrogens with zero attached hydrogens (tertiary/aromatic N) is 5. The van der Waals surface area contributed by atoms with E-state index in [9.17, 15) is 9.59 Å². The van der Waals surface area contributed by atoms with Crippen LogP contribution >= 0.6 is 0 Å². The number of hydrogen-bond donors (Lipinski definition) is 0. The minimum Gasteiger partial charge on any atom is -0.497 e. The molecule has 29 heavy (non-hydrogen) atoms. The van der Waals surface area contributed by atoms with Gasteiger partial charge in [-0.2, -0.15) is 5.10 Å². The Hall–Kier alpha value is -3.62. The monoisotopic (exact) mass is 395 g/mol. The molecular weight excluding hydrogens is 374 g/mol. The van der Waals surface area contributed by atoms with E-state index in [-0.39, 0.29) is 18.5 Å². The molecule has 1 saturated heterocycles. The van der Waals surface area contributed by atoms with Crippen molar-refractivity contribution in [3.05, 3.63) is 59.2 Å². The van der Waals surface area contributed by atoms with Crippen LogP contribution in [0.15, 0.2) is 41.2 Å². The van der Waals surface area contributed by atoms with Crippen molar-refractivity contribution < 1.29 is 18.8 Å². The first-order valence-corrected chi connectivity index (χ1v) is 9.15. The lowest BCUT2D eigenvalue weighted by atomic mass is 10.2. The summed E-state index contributed by atoms with van der Waals surface area (Å²) in [6, 6.07) is 7.06. The molecule has 1 aromatic carbocycles. The van der Waals surface area contributed by atoms with Gasteiger partial charge in [0.1, 0.15) is 18.1 Å². The minimum atomic E-state index is -0.366. The number of hydrogen-bond acceptors (Lipinski definition) is 6. The second-order valence-electron chi connectivity index (χ2n) is 6.92. The molecule has 9 nitrogen and oxygen atoms in total. The lowest BCUT2D eigenvalue weighted by Gasteiger charge is -2.16. The maximum absolute atomic E-state index is 12.8. The molecule has 3 heterocycles. The van der Waals surface area contributed by atoms with Gasteiger partial charge < -0.3 is 14.2 Å². The van der Waals surface area contributed by atoms with E-state index in [1.54, 1.807) is 18.0 Å². The van der Waals surface area contributed by atoms with Crippen LogP contribution in [0.4, 0.5) is 10.5 Å². The van der Waals surface area contributed by atoms with Crippen LogP contribution in [0.5, 0.6) is 5.75 Å². The Morgan fingerprint density at radius 2 is 2.03 bits per heavy atom. The van der Waals surface area contributed by atoms with E-state index >= 15 is 0 Å². The number of aryl methyl sites for hydroxylation is 2. The van der Waals surface area contributed by atoms with Gasteiger partial charge in [-0.25, -0.2) is 9.69 Å². The zero-order chi connectivity index (χ0) is 20.5. The molecule has 1 aliphatic rings. The predicted octanol–water partition coefficient (Wildman–Crippen LogP) is 2.51. The van der Waals surface area contributed by atoms with E-state index in [1.807, 2.05) is 38.1 Å². The Labute approximate surface area is 167 Å². The summed E-state index contributed by atoms with van der Waals surface area (Å²) in [5.74, 6) is 1.14. The number of methoxy groups -OCH3 is 1. The Balaban J connectivity index is 1.50. The van der Waals surface area contributed by atoms with Crippen LogP contribution < -0.4 is 9.64 Å². The molecule has 0 aliphatic carbocycles. The Kier molecular flexibility index (Phi) is 4.79. The smallest absolute Gasteiger partial charge is 0.332 e. The van der Waals surface area contributed by atoms with E-state index < -0.39 is 0 Å². The number of anilines is 1. The molecule has 1 fully saturated rings. The van der Waals surface area contributed by atoms with Gasteiger partial charge in [0.2, 0.25) is 0 Å². The summed E-state index contributed by atoms with van der Waals surface area (Å²) in [7, 11) is 1.59. The van der Waals surface area contributed by atoms with Gasteiger partial charge in [0, 0.05) is 18.3 Å². The summed E-state index contributed by atoms with van der Waals surface area (Å²) < 4.78 is 12.0. The summed E-state index contributed by atoms with van der Waals surface area (Å²) in [5.41, 5.74) is 3.05. The number of aromatic nitrogens is 3. The summed E-state index contributed by atoms with van der Waals surface area (Å²) >= 11 is 0. The van der Waals surface area contributed by atoms with E-state index in [1.165, 1.54) is 11.1 Å². The minimum absolute atomic E-state index is 0.0189. The SMILES string of the molecule is COc1cccc(CN2CC(=O)N(c3cnn(Cc4c(C)noc4C)c3)C2=O)c1. The Morgan fingerprint density at radius 3 is 2.76 bits per heavy atom. The van der Waals surface area contributed by atoms with Gasteiger partial charge >= 0.3 is 6.03 Å². The maximum atomic E-state index is 12.8. The number of imide groups is 1. The van der Waals surface area contributed by atoms with Crippen molar-refractivity contribution in [2.45, 2.75) is 26.9 Å². The van der Waals surface area contributed by atoms with Crippen LogP contribution in [0, 0.1) is 13.8 Å². The second-order valence-corrected chi connectivity index (χ2v) is 6.92. The van der Waals surface area contributed by atoms with E-state index in [0.29, 0.717) is 24.5 Å². The van der Waals surface area contributed by atoms with Gasteiger partial charge in [0.15, 0.2) is 0 Å². The van der Waals surface area contributed by atoms with Gasteiger partial charge in [-0.1, -0.05) is 17.3 Å². The fourth-order valence-corrected chi connectivity index (χ4v) is 3.36. The van der Waals surface area contributed by atoms with Crippen molar-refractivity contribution in [1.29, 1.82) is 0 Å². The summed E-state index contributed by atoms with van der Waals surface area (Å²) in [5, 5.41) is 8.22. The molecule has 0 saturated carbocycles. The molecule has 3 aromatic rings. The molecule has 4 rings (SSSR count). The molecule has 0 atom stereocenters. The van der Waals surface area contributed by atoms with Gasteiger partial charge in [0.25, 0.3) is 5.91 Å². The third-order valence-corrected chi connectivity index (χ3v) is 4.92. The molecule has 2 aromatic heterocycles. The van der Waals surface area contributed by atoms with Crippen LogP contribution in [-0.4, -0.2) is 45.4 Å². The lowest BCUT2D eigenvalue weighted by molar-refractivity contribution is -0.116. The third kappa shape index (κ3) is 3.58. The van der Waals surface area contributed by atoms with Crippen LogP contribution in [0.25, 0.3) is 0 Å². The highest BCUT2D eigenvalue weighted by molar-refractivity contribution is 6.19. The molecule has 3 amide bonds. The average molecular weight is 395 g/mol. The Morgan fingerprint density at radius 1 is 1.21 bits per heavy atom. The molecule has 1 aliphatic heterocycles. The van der Waals surface area contributed by atoms with Gasteiger partial charge in [0.05, 0.1) is 31.2 Å². The summed E-state index contributed by atoms with van der Waals surface area (Å²) in [4.78, 5) is 28.0. The number of benzene rings is 1. The topological polar surface area (TPSA) is 93.7 Å². The van der Waals surface area contributed by atoms with Crippen molar-refractivity contribution >= 4 is 17.6 Å². The summed E-state index contributed by atoms with van der Waals surface area (Å²) in [6.07, 6.45) is 3.19. The molecule has 9 heteroatoms. The number of urea groups is 1. The zero-order valence-electron chi connectivity index (χ0n) is 16.5. The highest BCUT2D eigenvalue weighted by atomic mass is 16.5. The largest absolute Gasteiger partial charge is 0.497 e. The predicted molar refractivity (Wildman–Crippen MR) is 104 cm³/mol. The van der Waals surface area contributed by atoms with Gasteiger partial charge in [-0.3, -0.25) is 9.48 Å². The normalized spacial score (nSPS) is 14.2. The zero-order valence-corrected chi connectivity index (χ0v) is 16.5. The van der Waals surface area contributed by atoms with Crippen LogP contribution in [0.3, 0.4) is 0 Å². The highest BCUT2D eigenvalue weighted by Gasteiger charge is 2.37.